The van der Waals surface area contributed by atoms with Crippen molar-refractivity contribution in [1.29, 1.82) is 0 Å². The van der Waals surface area contributed by atoms with E-state index in [4.69, 9.17) is 20.4 Å². The molecule has 0 aliphatic rings. The maximum atomic E-state index is 9.94. The summed E-state index contributed by atoms with van der Waals surface area (Å²) in [6.07, 6.45) is -1.12. The van der Waals surface area contributed by atoms with E-state index in [1.54, 1.807) is 0 Å². The first-order valence-electron chi connectivity index (χ1n) is 5.41. The topological polar surface area (TPSA) is 108 Å². The highest BCUT2D eigenvalue weighted by Crippen LogP contribution is 2.10. The van der Waals surface area contributed by atoms with Gasteiger partial charge in [0.1, 0.15) is 13.0 Å². The van der Waals surface area contributed by atoms with E-state index < -0.39 is 6.23 Å². The van der Waals surface area contributed by atoms with Gasteiger partial charge in [0.15, 0.2) is 0 Å². The molecule has 0 bridgehead atoms. The van der Waals surface area contributed by atoms with Crippen LogP contribution in [-0.2, 0) is 0 Å². The second kappa shape index (κ2) is 9.34. The molecule has 1 unspecified atom stereocenters. The van der Waals surface area contributed by atoms with Crippen LogP contribution in [0, 0.1) is 0 Å². The number of hydrogen-bond donors (Lipinski definition) is 5. The Morgan fingerprint density at radius 2 is 1.41 bits per heavy atom. The molecule has 7 heteroatoms. The molecule has 0 spiro atoms. The van der Waals surface area contributed by atoms with Crippen molar-refractivity contribution in [3.05, 3.63) is 12.3 Å². The van der Waals surface area contributed by atoms with Gasteiger partial charge < -0.3 is 30.4 Å². The van der Waals surface area contributed by atoms with Crippen LogP contribution in [0.15, 0.2) is 12.3 Å². The summed E-state index contributed by atoms with van der Waals surface area (Å²) < 4.78 is 0. The summed E-state index contributed by atoms with van der Waals surface area (Å²) in [6.45, 7) is 3.27. The summed E-state index contributed by atoms with van der Waals surface area (Å²) in [4.78, 5) is 2.73. The van der Waals surface area contributed by atoms with E-state index in [-0.39, 0.29) is 51.9 Å². The number of aliphatic hydroxyl groups is 5. The predicted octanol–water partition coefficient (Wildman–Crippen LogP) is -2.65. The van der Waals surface area contributed by atoms with Gasteiger partial charge in [-0.25, -0.2) is 0 Å². The van der Waals surface area contributed by atoms with Crippen LogP contribution in [0.25, 0.3) is 0 Å². The van der Waals surface area contributed by atoms with Gasteiger partial charge in [-0.3, -0.25) is 4.90 Å². The largest absolute Gasteiger partial charge is 0.395 e. The van der Waals surface area contributed by atoms with Crippen molar-refractivity contribution in [2.75, 3.05) is 46.2 Å². The average molecular weight is 250 g/mol. The first kappa shape index (κ1) is 16.3. The van der Waals surface area contributed by atoms with Crippen LogP contribution in [0.3, 0.4) is 0 Å². The van der Waals surface area contributed by atoms with E-state index >= 15 is 0 Å². The molecule has 5 N–H and O–H groups in total. The Morgan fingerprint density at radius 3 is 1.76 bits per heavy atom. The molecular formula is C10H22N2O5. The lowest BCUT2D eigenvalue weighted by Gasteiger charge is -2.33. The van der Waals surface area contributed by atoms with E-state index in [1.807, 2.05) is 0 Å². The quantitative estimate of drug-likeness (QED) is 0.270. The van der Waals surface area contributed by atoms with Crippen molar-refractivity contribution in [3.8, 4) is 0 Å². The number of aliphatic hydroxyl groups excluding tert-OH is 5. The van der Waals surface area contributed by atoms with Crippen LogP contribution >= 0.6 is 0 Å². The maximum absolute atomic E-state index is 9.94. The Morgan fingerprint density at radius 1 is 0.941 bits per heavy atom. The van der Waals surface area contributed by atoms with Crippen LogP contribution in [0.2, 0.25) is 0 Å². The highest BCUT2D eigenvalue weighted by molar-refractivity contribution is 5.00. The molecule has 0 radical (unpaired) electrons. The Hall–Kier alpha value is -0.700. The Kier molecular flexibility index (Phi) is 8.96. The molecule has 0 aliphatic heterocycles. The fourth-order valence-corrected chi connectivity index (χ4v) is 1.41. The van der Waals surface area contributed by atoms with Crippen molar-refractivity contribution in [2.45, 2.75) is 6.23 Å². The van der Waals surface area contributed by atoms with Crippen LogP contribution in [0.5, 0.6) is 0 Å². The van der Waals surface area contributed by atoms with E-state index in [0.29, 0.717) is 0 Å². The molecule has 7 nitrogen and oxygen atoms in total. The minimum atomic E-state index is -1.12. The minimum Gasteiger partial charge on any atom is -0.395 e. The number of hydrogen-bond acceptors (Lipinski definition) is 7. The molecule has 102 valence electrons. The van der Waals surface area contributed by atoms with Crippen molar-refractivity contribution in [2.24, 2.45) is 0 Å². The maximum Gasteiger partial charge on any atom is 0.147 e. The van der Waals surface area contributed by atoms with E-state index in [9.17, 15) is 5.11 Å². The Labute approximate surface area is 101 Å². The van der Waals surface area contributed by atoms with Crippen LogP contribution in [0.4, 0.5) is 0 Å². The molecule has 17 heavy (non-hydrogen) atoms. The molecule has 0 fully saturated rings. The van der Waals surface area contributed by atoms with Crippen molar-refractivity contribution >= 4 is 0 Å². The SMILES string of the molecule is C=C(C(O)N(CCO)CCO)N(CO)CCO. The summed E-state index contributed by atoms with van der Waals surface area (Å²) in [5.74, 6) is 0. The van der Waals surface area contributed by atoms with Gasteiger partial charge in [0.25, 0.3) is 0 Å². The van der Waals surface area contributed by atoms with Crippen LogP contribution < -0.4 is 0 Å². The summed E-state index contributed by atoms with van der Waals surface area (Å²) in [6, 6.07) is 0. The van der Waals surface area contributed by atoms with Gasteiger partial charge in [0.2, 0.25) is 0 Å². The van der Waals surface area contributed by atoms with Crippen LogP contribution in [-0.4, -0.2) is 87.7 Å². The van der Waals surface area contributed by atoms with E-state index in [1.165, 1.54) is 9.80 Å². The van der Waals surface area contributed by atoms with Crippen molar-refractivity contribution < 1.29 is 25.5 Å². The highest BCUT2D eigenvalue weighted by Gasteiger charge is 2.21. The minimum absolute atomic E-state index is 0.151. The molecule has 0 aromatic carbocycles. The van der Waals surface area contributed by atoms with Gasteiger partial charge in [0.05, 0.1) is 25.5 Å². The van der Waals surface area contributed by atoms with E-state index in [0.717, 1.165) is 0 Å². The molecular weight excluding hydrogens is 228 g/mol. The summed E-state index contributed by atoms with van der Waals surface area (Å²) in [5, 5.41) is 45.4. The molecule has 0 aromatic rings. The second-order valence-electron chi connectivity index (χ2n) is 3.48. The normalized spacial score (nSPS) is 12.8. The van der Waals surface area contributed by atoms with Gasteiger partial charge >= 0.3 is 0 Å². The molecule has 0 aromatic heterocycles. The Bertz CT molecular complexity index is 209. The first-order chi connectivity index (χ1) is 8.12. The second-order valence-corrected chi connectivity index (χ2v) is 3.48. The molecule has 1 atom stereocenters. The third-order valence-corrected chi connectivity index (χ3v) is 2.37. The van der Waals surface area contributed by atoms with Gasteiger partial charge in [-0.1, -0.05) is 6.58 Å². The van der Waals surface area contributed by atoms with Crippen molar-refractivity contribution in [1.82, 2.24) is 9.80 Å². The molecule has 0 saturated heterocycles. The summed E-state index contributed by atoms with van der Waals surface area (Å²) in [7, 11) is 0. The summed E-state index contributed by atoms with van der Waals surface area (Å²) in [5.41, 5.74) is 0.212. The monoisotopic (exact) mass is 250 g/mol. The third-order valence-electron chi connectivity index (χ3n) is 2.37. The zero-order valence-electron chi connectivity index (χ0n) is 9.86. The van der Waals surface area contributed by atoms with Gasteiger partial charge in [-0.2, -0.15) is 0 Å². The number of nitrogens with zero attached hydrogens (tertiary/aromatic N) is 2. The fourth-order valence-electron chi connectivity index (χ4n) is 1.41. The van der Waals surface area contributed by atoms with Gasteiger partial charge in [-0.15, -0.1) is 0 Å². The molecule has 0 aliphatic carbocycles. The highest BCUT2D eigenvalue weighted by atomic mass is 16.3. The van der Waals surface area contributed by atoms with Gasteiger partial charge in [0, 0.05) is 19.6 Å². The molecule has 0 amide bonds. The van der Waals surface area contributed by atoms with Gasteiger partial charge in [-0.05, 0) is 0 Å². The fraction of sp³-hybridized carbons (Fsp3) is 0.800. The van der Waals surface area contributed by atoms with Crippen LogP contribution in [0.1, 0.15) is 0 Å². The lowest BCUT2D eigenvalue weighted by molar-refractivity contribution is -0.0182. The smallest absolute Gasteiger partial charge is 0.147 e. The average Bonchev–Trinajstić information content (AvgIpc) is 2.34. The Balaban J connectivity index is 4.49. The standard InChI is InChI=1S/C10H22N2O5/c1-9(12(8-16)4-7-15)10(17)11(2-5-13)3-6-14/h10,13-17H,1-8H2. The zero-order valence-corrected chi connectivity index (χ0v) is 9.86. The predicted molar refractivity (Wildman–Crippen MR) is 61.8 cm³/mol. The molecule has 0 saturated carbocycles. The molecule has 0 rings (SSSR count). The number of rotatable bonds is 10. The third kappa shape index (κ3) is 5.44. The zero-order chi connectivity index (χ0) is 13.3. The molecule has 0 heterocycles. The first-order valence-corrected chi connectivity index (χ1v) is 5.41. The lowest BCUT2D eigenvalue weighted by Crippen LogP contribution is -2.45. The van der Waals surface area contributed by atoms with Crippen molar-refractivity contribution in [3.63, 3.8) is 0 Å². The summed E-state index contributed by atoms with van der Waals surface area (Å²) >= 11 is 0. The van der Waals surface area contributed by atoms with E-state index in [2.05, 4.69) is 6.58 Å². The lowest BCUT2D eigenvalue weighted by atomic mass is 10.3.